The zero-order valence-electron chi connectivity index (χ0n) is 9.65. The molecule has 0 radical (unpaired) electrons. The predicted octanol–water partition coefficient (Wildman–Crippen LogP) is 3.10. The van der Waals surface area contributed by atoms with Gasteiger partial charge in [0.25, 0.3) is 0 Å². The third-order valence-corrected chi connectivity index (χ3v) is 3.62. The molecular weight excluding hydrogens is 298 g/mol. The van der Waals surface area contributed by atoms with Gasteiger partial charge in [0.1, 0.15) is 17.4 Å². The van der Waals surface area contributed by atoms with E-state index in [9.17, 15) is 4.79 Å². The quantitative estimate of drug-likeness (QED) is 0.927. The number of rotatable bonds is 4. The van der Waals surface area contributed by atoms with Gasteiger partial charge in [0.05, 0.1) is 12.0 Å². The molecule has 1 fully saturated rings. The van der Waals surface area contributed by atoms with E-state index in [1.807, 2.05) is 0 Å². The molecule has 2 rings (SSSR count). The van der Waals surface area contributed by atoms with Gasteiger partial charge >= 0.3 is 5.97 Å². The fourth-order valence-corrected chi connectivity index (χ4v) is 2.43. The number of nitrogens with zero attached hydrogens (tertiary/aromatic N) is 1. The van der Waals surface area contributed by atoms with Crippen molar-refractivity contribution < 1.29 is 14.6 Å². The number of carboxylic acids is 1. The van der Waals surface area contributed by atoms with Crippen molar-refractivity contribution in [3.63, 3.8) is 0 Å². The van der Waals surface area contributed by atoms with Crippen molar-refractivity contribution in [3.8, 4) is 11.8 Å². The summed E-state index contributed by atoms with van der Waals surface area (Å²) in [5.41, 5.74) is -0.216. The molecule has 0 spiro atoms. The molecule has 0 bridgehead atoms. The zero-order valence-corrected chi connectivity index (χ0v) is 11.2. The topological polar surface area (TPSA) is 70.3 Å². The minimum atomic E-state index is -0.870. The second kappa shape index (κ2) is 4.99. The number of halogens is 1. The summed E-state index contributed by atoms with van der Waals surface area (Å²) in [4.78, 5) is 10.9. The van der Waals surface area contributed by atoms with E-state index >= 15 is 0 Å². The first-order chi connectivity index (χ1) is 8.54. The molecule has 1 N–H and O–H groups in total. The summed E-state index contributed by atoms with van der Waals surface area (Å²) in [6.45, 7) is 0. The Morgan fingerprint density at radius 1 is 1.56 bits per heavy atom. The Morgan fingerprint density at radius 2 is 2.28 bits per heavy atom. The molecule has 18 heavy (non-hydrogen) atoms. The van der Waals surface area contributed by atoms with Gasteiger partial charge in [-0.3, -0.25) is 4.79 Å². The second-order valence-corrected chi connectivity index (χ2v) is 5.38. The van der Waals surface area contributed by atoms with Crippen LogP contribution in [0.4, 0.5) is 0 Å². The van der Waals surface area contributed by atoms with E-state index in [2.05, 4.69) is 22.0 Å². The van der Waals surface area contributed by atoms with E-state index in [-0.39, 0.29) is 6.42 Å². The Balaban J connectivity index is 2.23. The Bertz CT molecular complexity index is 517. The molecule has 0 amide bonds. The molecule has 0 heterocycles. The molecule has 1 aromatic carbocycles. The number of nitriles is 1. The average Bonchev–Trinajstić information content (AvgIpc) is 2.27. The molecule has 0 atom stereocenters. The van der Waals surface area contributed by atoms with Crippen LogP contribution in [0.5, 0.6) is 5.75 Å². The Kier molecular flexibility index (Phi) is 3.58. The molecule has 0 aromatic heterocycles. The van der Waals surface area contributed by atoms with Crippen LogP contribution >= 0.6 is 15.9 Å². The van der Waals surface area contributed by atoms with Crippen LogP contribution in [0.15, 0.2) is 22.7 Å². The first-order valence-corrected chi connectivity index (χ1v) is 6.44. The molecule has 4 nitrogen and oxygen atoms in total. The molecule has 5 heteroatoms. The van der Waals surface area contributed by atoms with Crippen molar-refractivity contribution in [1.82, 2.24) is 0 Å². The standard InChI is InChI=1S/C13H12BrNO3/c14-10-2-3-11(9(6-10)8-15)18-13(4-1-5-13)7-12(16)17/h2-3,6H,1,4-5,7H2,(H,16,17). The van der Waals surface area contributed by atoms with Gasteiger partial charge in [0.2, 0.25) is 0 Å². The Labute approximate surface area is 113 Å². The molecule has 0 unspecified atom stereocenters. The molecule has 0 aliphatic heterocycles. The van der Waals surface area contributed by atoms with Gasteiger partial charge in [-0.05, 0) is 37.5 Å². The maximum absolute atomic E-state index is 10.9. The largest absolute Gasteiger partial charge is 0.485 e. The van der Waals surface area contributed by atoms with Crippen LogP contribution in [-0.4, -0.2) is 16.7 Å². The lowest BCUT2D eigenvalue weighted by Crippen LogP contribution is -2.45. The number of carbonyl (C=O) groups is 1. The van der Waals surface area contributed by atoms with E-state index in [0.29, 0.717) is 11.3 Å². The summed E-state index contributed by atoms with van der Waals surface area (Å²) in [5.74, 6) is -0.410. The average molecular weight is 310 g/mol. The van der Waals surface area contributed by atoms with Gasteiger partial charge < -0.3 is 9.84 Å². The van der Waals surface area contributed by atoms with Crippen LogP contribution in [0.25, 0.3) is 0 Å². The minimum Gasteiger partial charge on any atom is -0.485 e. The summed E-state index contributed by atoms with van der Waals surface area (Å²) < 4.78 is 6.60. The summed E-state index contributed by atoms with van der Waals surface area (Å²) in [6, 6.07) is 7.21. The highest BCUT2D eigenvalue weighted by Gasteiger charge is 2.41. The highest BCUT2D eigenvalue weighted by molar-refractivity contribution is 9.10. The summed E-state index contributed by atoms with van der Waals surface area (Å²) in [7, 11) is 0. The van der Waals surface area contributed by atoms with Crippen molar-refractivity contribution in [2.75, 3.05) is 0 Å². The zero-order chi connectivity index (χ0) is 13.2. The molecule has 1 aliphatic rings. The van der Waals surface area contributed by atoms with Crippen LogP contribution in [0.3, 0.4) is 0 Å². The first kappa shape index (κ1) is 12.9. The first-order valence-electron chi connectivity index (χ1n) is 5.65. The SMILES string of the molecule is N#Cc1cc(Br)ccc1OC1(CC(=O)O)CCC1. The molecule has 1 aliphatic carbocycles. The highest BCUT2D eigenvalue weighted by atomic mass is 79.9. The van der Waals surface area contributed by atoms with Gasteiger partial charge in [-0.15, -0.1) is 0 Å². The number of carboxylic acid groups (broad SMARTS) is 1. The molecule has 94 valence electrons. The van der Waals surface area contributed by atoms with Crippen LogP contribution < -0.4 is 4.74 Å². The van der Waals surface area contributed by atoms with Gasteiger partial charge in [-0.2, -0.15) is 5.26 Å². The number of benzene rings is 1. The third kappa shape index (κ3) is 2.65. The van der Waals surface area contributed by atoms with E-state index in [0.717, 1.165) is 23.7 Å². The smallest absolute Gasteiger partial charge is 0.307 e. The maximum Gasteiger partial charge on any atom is 0.307 e. The fourth-order valence-electron chi connectivity index (χ4n) is 2.07. The van der Waals surface area contributed by atoms with Crippen LogP contribution in [0, 0.1) is 11.3 Å². The number of hydrogen-bond acceptors (Lipinski definition) is 3. The molecule has 1 aromatic rings. The molecule has 1 saturated carbocycles. The van der Waals surface area contributed by atoms with Gasteiger partial charge in [-0.25, -0.2) is 0 Å². The second-order valence-electron chi connectivity index (χ2n) is 4.46. The van der Waals surface area contributed by atoms with Gasteiger partial charge in [0, 0.05) is 4.47 Å². The van der Waals surface area contributed by atoms with Crippen LogP contribution in [0.1, 0.15) is 31.2 Å². The van der Waals surface area contributed by atoms with Crippen LogP contribution in [0.2, 0.25) is 0 Å². The van der Waals surface area contributed by atoms with E-state index in [4.69, 9.17) is 15.1 Å². The van der Waals surface area contributed by atoms with Gasteiger partial charge in [-0.1, -0.05) is 15.9 Å². The summed E-state index contributed by atoms with van der Waals surface area (Å²) in [5, 5.41) is 18.0. The number of hydrogen-bond donors (Lipinski definition) is 1. The van der Waals surface area contributed by atoms with Crippen molar-refractivity contribution in [2.24, 2.45) is 0 Å². The molecule has 0 saturated heterocycles. The van der Waals surface area contributed by atoms with Gasteiger partial charge in [0.15, 0.2) is 0 Å². The fraction of sp³-hybridized carbons (Fsp3) is 0.385. The monoisotopic (exact) mass is 309 g/mol. The number of aliphatic carboxylic acids is 1. The lowest BCUT2D eigenvalue weighted by molar-refractivity contribution is -0.144. The summed E-state index contributed by atoms with van der Waals surface area (Å²) >= 11 is 3.29. The van der Waals surface area contributed by atoms with E-state index in [1.165, 1.54) is 0 Å². The molecular formula is C13H12BrNO3. The maximum atomic E-state index is 10.9. The van der Waals surface area contributed by atoms with Crippen molar-refractivity contribution in [2.45, 2.75) is 31.3 Å². The minimum absolute atomic E-state index is 0.0199. The Hall–Kier alpha value is -1.54. The normalized spacial score (nSPS) is 16.4. The van der Waals surface area contributed by atoms with E-state index in [1.54, 1.807) is 18.2 Å². The highest BCUT2D eigenvalue weighted by Crippen LogP contribution is 2.40. The van der Waals surface area contributed by atoms with Crippen molar-refractivity contribution >= 4 is 21.9 Å². The number of ether oxygens (including phenoxy) is 1. The lowest BCUT2D eigenvalue weighted by Gasteiger charge is -2.41. The van der Waals surface area contributed by atoms with E-state index < -0.39 is 11.6 Å². The third-order valence-electron chi connectivity index (χ3n) is 3.13. The predicted molar refractivity (Wildman–Crippen MR) is 68.3 cm³/mol. The van der Waals surface area contributed by atoms with Crippen molar-refractivity contribution in [3.05, 3.63) is 28.2 Å². The Morgan fingerprint density at radius 3 is 2.78 bits per heavy atom. The lowest BCUT2D eigenvalue weighted by atomic mass is 9.77. The summed E-state index contributed by atoms with van der Waals surface area (Å²) in [6.07, 6.45) is 2.39. The van der Waals surface area contributed by atoms with Crippen molar-refractivity contribution in [1.29, 1.82) is 5.26 Å². The van der Waals surface area contributed by atoms with Crippen LogP contribution in [-0.2, 0) is 4.79 Å².